The summed E-state index contributed by atoms with van der Waals surface area (Å²) in [6, 6.07) is 5.86. The third kappa shape index (κ3) is 3.39. The Morgan fingerprint density at radius 1 is 1.30 bits per heavy atom. The largest absolute Gasteiger partial charge is 0.326 e. The first-order valence-corrected chi connectivity index (χ1v) is 7.51. The molecule has 2 heterocycles. The summed E-state index contributed by atoms with van der Waals surface area (Å²) in [7, 11) is 0. The zero-order valence-corrected chi connectivity index (χ0v) is 13.4. The first-order valence-electron chi connectivity index (χ1n) is 7.51. The SMILES string of the molecule is Cc1cc(C)cc(NC(=O)CC2Cn3nc(C)nc3NC2=O)c1. The fraction of sp³-hybridized carbons (Fsp3) is 0.375. The molecule has 1 aliphatic heterocycles. The minimum absolute atomic E-state index is 0.108. The van der Waals surface area contributed by atoms with Crippen molar-refractivity contribution >= 4 is 23.5 Å². The van der Waals surface area contributed by atoms with E-state index in [0.717, 1.165) is 16.8 Å². The highest BCUT2D eigenvalue weighted by molar-refractivity contribution is 5.98. The molecule has 0 saturated heterocycles. The predicted octanol–water partition coefficient (Wildman–Crippen LogP) is 1.80. The van der Waals surface area contributed by atoms with E-state index in [1.807, 2.05) is 32.0 Å². The molecule has 23 heavy (non-hydrogen) atoms. The molecule has 7 heteroatoms. The van der Waals surface area contributed by atoms with Gasteiger partial charge >= 0.3 is 0 Å². The number of rotatable bonds is 3. The first kappa shape index (κ1) is 15.2. The van der Waals surface area contributed by atoms with Gasteiger partial charge in [0, 0.05) is 12.1 Å². The van der Waals surface area contributed by atoms with Gasteiger partial charge in [0.15, 0.2) is 0 Å². The van der Waals surface area contributed by atoms with Gasteiger partial charge in [0.2, 0.25) is 17.8 Å². The molecule has 2 N–H and O–H groups in total. The van der Waals surface area contributed by atoms with E-state index in [-0.39, 0.29) is 18.2 Å². The third-order valence-corrected chi connectivity index (χ3v) is 3.71. The zero-order valence-electron chi connectivity index (χ0n) is 13.4. The van der Waals surface area contributed by atoms with Crippen molar-refractivity contribution in [3.63, 3.8) is 0 Å². The standard InChI is InChI=1S/C16H19N5O2/c1-9-4-10(2)6-13(5-9)18-14(22)7-12-8-21-16(19-15(12)23)17-11(3)20-21/h4-6,12H,7-8H2,1-3H3,(H,18,22)(H,17,19,20,23). The Labute approximate surface area is 134 Å². The molecular formula is C16H19N5O2. The molecule has 0 fully saturated rings. The number of hydrogen-bond donors (Lipinski definition) is 2. The number of anilines is 2. The van der Waals surface area contributed by atoms with Crippen LogP contribution < -0.4 is 10.6 Å². The quantitative estimate of drug-likeness (QED) is 0.904. The molecular weight excluding hydrogens is 294 g/mol. The normalized spacial score (nSPS) is 16.7. The van der Waals surface area contributed by atoms with Crippen molar-refractivity contribution in [3.8, 4) is 0 Å². The molecule has 120 valence electrons. The van der Waals surface area contributed by atoms with Crippen LogP contribution in [0, 0.1) is 26.7 Å². The Bertz CT molecular complexity index is 761. The van der Waals surface area contributed by atoms with E-state index in [2.05, 4.69) is 20.7 Å². The van der Waals surface area contributed by atoms with Crippen molar-refractivity contribution in [1.82, 2.24) is 14.8 Å². The summed E-state index contributed by atoms with van der Waals surface area (Å²) in [5.74, 6) is 0.213. The van der Waals surface area contributed by atoms with Crippen LogP contribution in [0.3, 0.4) is 0 Å². The number of fused-ring (bicyclic) bond motifs is 1. The maximum absolute atomic E-state index is 12.2. The zero-order chi connectivity index (χ0) is 16.6. The average molecular weight is 313 g/mol. The molecule has 7 nitrogen and oxygen atoms in total. The van der Waals surface area contributed by atoms with Gasteiger partial charge in [-0.3, -0.25) is 14.9 Å². The van der Waals surface area contributed by atoms with Gasteiger partial charge in [0.25, 0.3) is 0 Å². The topological polar surface area (TPSA) is 88.9 Å². The number of nitrogens with zero attached hydrogens (tertiary/aromatic N) is 3. The monoisotopic (exact) mass is 313 g/mol. The van der Waals surface area contributed by atoms with Crippen molar-refractivity contribution in [2.24, 2.45) is 5.92 Å². The molecule has 0 spiro atoms. The van der Waals surface area contributed by atoms with Gasteiger partial charge in [-0.25, -0.2) is 4.68 Å². The van der Waals surface area contributed by atoms with Crippen LogP contribution >= 0.6 is 0 Å². The molecule has 2 aromatic rings. The van der Waals surface area contributed by atoms with Crippen molar-refractivity contribution in [2.45, 2.75) is 33.7 Å². The van der Waals surface area contributed by atoms with E-state index in [1.165, 1.54) is 0 Å². The summed E-state index contributed by atoms with van der Waals surface area (Å²) >= 11 is 0. The van der Waals surface area contributed by atoms with Gasteiger partial charge in [-0.15, -0.1) is 0 Å². The lowest BCUT2D eigenvalue weighted by atomic mass is 10.0. The van der Waals surface area contributed by atoms with Crippen LogP contribution in [-0.4, -0.2) is 26.6 Å². The molecule has 1 atom stereocenters. The molecule has 1 aliphatic rings. The lowest BCUT2D eigenvalue weighted by Crippen LogP contribution is -2.36. The second-order valence-corrected chi connectivity index (χ2v) is 5.98. The first-order chi connectivity index (χ1) is 10.9. The summed E-state index contributed by atoms with van der Waals surface area (Å²) in [4.78, 5) is 28.4. The molecule has 3 rings (SSSR count). The van der Waals surface area contributed by atoms with E-state index in [9.17, 15) is 9.59 Å². The number of benzene rings is 1. The van der Waals surface area contributed by atoms with Gasteiger partial charge in [-0.05, 0) is 44.0 Å². The molecule has 1 aromatic heterocycles. The van der Waals surface area contributed by atoms with Crippen LogP contribution in [0.15, 0.2) is 18.2 Å². The third-order valence-electron chi connectivity index (χ3n) is 3.71. The molecule has 2 amide bonds. The number of carbonyl (C=O) groups excluding carboxylic acids is 2. The van der Waals surface area contributed by atoms with Crippen molar-refractivity contribution < 1.29 is 9.59 Å². The molecule has 0 bridgehead atoms. The Hall–Kier alpha value is -2.70. The molecule has 0 aliphatic carbocycles. The Morgan fingerprint density at radius 2 is 2.00 bits per heavy atom. The molecule has 0 saturated carbocycles. The van der Waals surface area contributed by atoms with Gasteiger partial charge in [0.1, 0.15) is 5.82 Å². The van der Waals surface area contributed by atoms with Crippen LogP contribution in [0.2, 0.25) is 0 Å². The summed E-state index contributed by atoms with van der Waals surface area (Å²) < 4.78 is 1.63. The number of amides is 2. The summed E-state index contributed by atoms with van der Waals surface area (Å²) in [6.07, 6.45) is 0.108. The molecule has 1 unspecified atom stereocenters. The van der Waals surface area contributed by atoms with Crippen molar-refractivity contribution in [2.75, 3.05) is 10.6 Å². The maximum Gasteiger partial charge on any atom is 0.232 e. The van der Waals surface area contributed by atoms with Crippen LogP contribution in [0.5, 0.6) is 0 Å². The highest BCUT2D eigenvalue weighted by Gasteiger charge is 2.29. The average Bonchev–Trinajstić information content (AvgIpc) is 2.76. The Kier molecular flexibility index (Phi) is 3.85. The number of aryl methyl sites for hydroxylation is 3. The number of carbonyl (C=O) groups is 2. The van der Waals surface area contributed by atoms with Crippen LogP contribution in [0.4, 0.5) is 11.6 Å². The van der Waals surface area contributed by atoms with E-state index in [1.54, 1.807) is 11.6 Å². The lowest BCUT2D eigenvalue weighted by molar-refractivity contribution is -0.125. The second-order valence-electron chi connectivity index (χ2n) is 5.98. The highest BCUT2D eigenvalue weighted by Crippen LogP contribution is 2.20. The van der Waals surface area contributed by atoms with Gasteiger partial charge in [-0.1, -0.05) is 6.07 Å². The Morgan fingerprint density at radius 3 is 2.70 bits per heavy atom. The second kappa shape index (κ2) is 5.83. The lowest BCUT2D eigenvalue weighted by Gasteiger charge is -2.21. The fourth-order valence-corrected chi connectivity index (χ4v) is 2.82. The highest BCUT2D eigenvalue weighted by atomic mass is 16.2. The summed E-state index contributed by atoms with van der Waals surface area (Å²) in [6.45, 7) is 6.08. The van der Waals surface area contributed by atoms with Crippen LogP contribution in [0.25, 0.3) is 0 Å². The van der Waals surface area contributed by atoms with E-state index < -0.39 is 5.92 Å². The van der Waals surface area contributed by atoms with Crippen molar-refractivity contribution in [3.05, 3.63) is 35.2 Å². The molecule has 0 radical (unpaired) electrons. The predicted molar refractivity (Wildman–Crippen MR) is 86.0 cm³/mol. The minimum atomic E-state index is -0.450. The smallest absolute Gasteiger partial charge is 0.232 e. The van der Waals surface area contributed by atoms with E-state index in [4.69, 9.17) is 0 Å². The van der Waals surface area contributed by atoms with E-state index in [0.29, 0.717) is 18.3 Å². The number of aromatic nitrogens is 3. The van der Waals surface area contributed by atoms with Gasteiger partial charge in [-0.2, -0.15) is 10.1 Å². The number of nitrogens with one attached hydrogen (secondary N) is 2. The Balaban J connectivity index is 1.67. The number of hydrogen-bond acceptors (Lipinski definition) is 4. The fourth-order valence-electron chi connectivity index (χ4n) is 2.82. The molecule has 1 aromatic carbocycles. The van der Waals surface area contributed by atoms with Gasteiger partial charge < -0.3 is 5.32 Å². The summed E-state index contributed by atoms with van der Waals surface area (Å²) in [5, 5.41) is 9.75. The van der Waals surface area contributed by atoms with Crippen molar-refractivity contribution in [1.29, 1.82) is 0 Å². The van der Waals surface area contributed by atoms with Crippen LogP contribution in [-0.2, 0) is 16.1 Å². The summed E-state index contributed by atoms with van der Waals surface area (Å²) in [5.41, 5.74) is 2.91. The van der Waals surface area contributed by atoms with Crippen LogP contribution in [0.1, 0.15) is 23.4 Å². The maximum atomic E-state index is 12.2. The van der Waals surface area contributed by atoms with E-state index >= 15 is 0 Å². The van der Waals surface area contributed by atoms with Gasteiger partial charge in [0.05, 0.1) is 12.5 Å². The minimum Gasteiger partial charge on any atom is -0.326 e.